The first-order chi connectivity index (χ1) is 13.7. The van der Waals surface area contributed by atoms with E-state index in [0.717, 1.165) is 62.0 Å². The van der Waals surface area contributed by atoms with Gasteiger partial charge in [-0.05, 0) is 62.8 Å². The fourth-order valence-corrected chi connectivity index (χ4v) is 6.46. The Morgan fingerprint density at radius 2 is 1.41 bits per heavy atom. The van der Waals surface area contributed by atoms with Crippen molar-refractivity contribution in [1.82, 2.24) is 13.5 Å². The van der Waals surface area contributed by atoms with Gasteiger partial charge in [0.05, 0.1) is 0 Å². The van der Waals surface area contributed by atoms with Crippen LogP contribution < -0.4 is 0 Å². The zero-order valence-electron chi connectivity index (χ0n) is 18.3. The van der Waals surface area contributed by atoms with E-state index in [1.807, 2.05) is 13.8 Å². The molecule has 0 amide bonds. The third-order valence-electron chi connectivity index (χ3n) is 6.41. The van der Waals surface area contributed by atoms with Gasteiger partial charge in [0.2, 0.25) is 0 Å². The molecule has 3 rings (SSSR count). The second-order valence-electron chi connectivity index (χ2n) is 8.54. The summed E-state index contributed by atoms with van der Waals surface area (Å²) < 4.78 is 29.4. The highest BCUT2D eigenvalue weighted by Crippen LogP contribution is 2.25. The molecule has 0 aromatic heterocycles. The summed E-state index contributed by atoms with van der Waals surface area (Å²) in [6, 6.07) is 2.10. The lowest BCUT2D eigenvalue weighted by molar-refractivity contribution is 0.101. The Bertz CT molecular complexity index is 851. The van der Waals surface area contributed by atoms with Gasteiger partial charge in [0.15, 0.2) is 5.78 Å². The average molecular weight is 422 g/mol. The number of carbonyl (C=O) groups is 1. The Kier molecular flexibility index (Phi) is 7.14. The molecule has 7 heteroatoms. The normalized spacial score (nSPS) is 20.6. The van der Waals surface area contributed by atoms with Crippen LogP contribution in [0.25, 0.3) is 0 Å². The number of hydrogen-bond donors (Lipinski definition) is 0. The largest absolute Gasteiger partial charge is 0.296 e. The molecule has 0 bridgehead atoms. The molecule has 0 radical (unpaired) electrons. The van der Waals surface area contributed by atoms with Crippen LogP contribution in [-0.4, -0.2) is 67.0 Å². The van der Waals surface area contributed by atoms with Crippen LogP contribution in [0.15, 0.2) is 6.07 Å². The van der Waals surface area contributed by atoms with Crippen molar-refractivity contribution in [3.8, 4) is 0 Å². The zero-order valence-corrected chi connectivity index (χ0v) is 19.1. The van der Waals surface area contributed by atoms with Crippen LogP contribution in [0.5, 0.6) is 0 Å². The van der Waals surface area contributed by atoms with Gasteiger partial charge in [0, 0.05) is 51.4 Å². The van der Waals surface area contributed by atoms with Gasteiger partial charge in [-0.3, -0.25) is 9.69 Å². The van der Waals surface area contributed by atoms with Crippen LogP contribution in [0, 0.1) is 20.8 Å². The Balaban J connectivity index is 1.67. The van der Waals surface area contributed by atoms with Crippen LogP contribution in [0.4, 0.5) is 0 Å². The van der Waals surface area contributed by atoms with E-state index in [4.69, 9.17) is 0 Å². The fraction of sp³-hybridized carbons (Fsp3) is 0.682. The standard InChI is InChI=1S/C22H35N3O3S/c1-17-15-18(2)22(20(4)26)19(3)21(17)16-23-11-13-25(14-12-23)29(27,28)24-9-7-5-6-8-10-24/h15H,5-14,16H2,1-4H3. The molecule has 2 aliphatic rings. The summed E-state index contributed by atoms with van der Waals surface area (Å²) in [4.78, 5) is 14.4. The van der Waals surface area contributed by atoms with Gasteiger partial charge in [-0.2, -0.15) is 17.0 Å². The quantitative estimate of drug-likeness (QED) is 0.686. The lowest BCUT2D eigenvalue weighted by atomic mass is 9.91. The van der Waals surface area contributed by atoms with Gasteiger partial charge < -0.3 is 0 Å². The van der Waals surface area contributed by atoms with Crippen LogP contribution in [0.2, 0.25) is 0 Å². The molecular weight excluding hydrogens is 386 g/mol. The van der Waals surface area contributed by atoms with Crippen LogP contribution in [0.1, 0.15) is 65.2 Å². The van der Waals surface area contributed by atoms with E-state index >= 15 is 0 Å². The number of aryl methyl sites for hydroxylation is 2. The number of piperazine rings is 1. The molecule has 0 unspecified atom stereocenters. The van der Waals surface area contributed by atoms with Crippen molar-refractivity contribution in [2.24, 2.45) is 0 Å². The van der Waals surface area contributed by atoms with Crippen molar-refractivity contribution >= 4 is 16.0 Å². The third kappa shape index (κ3) is 4.90. The van der Waals surface area contributed by atoms with E-state index in [0.29, 0.717) is 26.2 Å². The highest BCUT2D eigenvalue weighted by atomic mass is 32.2. The minimum absolute atomic E-state index is 0.106. The van der Waals surface area contributed by atoms with Crippen molar-refractivity contribution in [3.63, 3.8) is 0 Å². The van der Waals surface area contributed by atoms with Crippen LogP contribution in [0.3, 0.4) is 0 Å². The summed E-state index contributed by atoms with van der Waals surface area (Å²) in [6.45, 7) is 12.3. The van der Waals surface area contributed by atoms with E-state index in [9.17, 15) is 13.2 Å². The topological polar surface area (TPSA) is 60.9 Å². The van der Waals surface area contributed by atoms with Gasteiger partial charge in [-0.1, -0.05) is 18.9 Å². The summed E-state index contributed by atoms with van der Waals surface area (Å²) in [5, 5.41) is 0. The molecule has 162 valence electrons. The number of nitrogens with zero attached hydrogens (tertiary/aromatic N) is 3. The van der Waals surface area contributed by atoms with Gasteiger partial charge >= 0.3 is 0 Å². The van der Waals surface area contributed by atoms with Gasteiger partial charge in [-0.25, -0.2) is 0 Å². The molecule has 0 N–H and O–H groups in total. The summed E-state index contributed by atoms with van der Waals surface area (Å²) in [5.41, 5.74) is 5.32. The van der Waals surface area contributed by atoms with Crippen molar-refractivity contribution in [1.29, 1.82) is 0 Å². The molecule has 0 atom stereocenters. The molecule has 2 aliphatic heterocycles. The Hall–Kier alpha value is -1.28. The average Bonchev–Trinajstić information content (AvgIpc) is 2.95. The van der Waals surface area contributed by atoms with E-state index in [2.05, 4.69) is 17.9 Å². The number of carbonyl (C=O) groups excluding carboxylic acids is 1. The van der Waals surface area contributed by atoms with E-state index in [-0.39, 0.29) is 5.78 Å². The minimum atomic E-state index is -3.35. The molecule has 29 heavy (non-hydrogen) atoms. The van der Waals surface area contributed by atoms with Crippen LogP contribution >= 0.6 is 0 Å². The summed E-state index contributed by atoms with van der Waals surface area (Å²) in [7, 11) is -3.35. The lowest BCUT2D eigenvalue weighted by Crippen LogP contribution is -2.53. The molecule has 2 heterocycles. The Labute approximate surface area is 176 Å². The predicted molar refractivity (Wildman–Crippen MR) is 116 cm³/mol. The maximum atomic E-state index is 13.0. The van der Waals surface area contributed by atoms with Gasteiger partial charge in [0.1, 0.15) is 0 Å². The Morgan fingerprint density at radius 3 is 1.97 bits per heavy atom. The molecule has 0 aliphatic carbocycles. The summed E-state index contributed by atoms with van der Waals surface area (Å²) in [6.07, 6.45) is 4.17. The molecule has 1 aromatic rings. The number of rotatable bonds is 5. The fourth-order valence-electron chi connectivity index (χ4n) is 4.79. The lowest BCUT2D eigenvalue weighted by Gasteiger charge is -2.37. The second-order valence-corrected chi connectivity index (χ2v) is 10.5. The molecule has 1 aromatic carbocycles. The molecule has 0 saturated carbocycles. The first-order valence-corrected chi connectivity index (χ1v) is 12.2. The van der Waals surface area contributed by atoms with Crippen molar-refractivity contribution in [3.05, 3.63) is 33.9 Å². The smallest absolute Gasteiger partial charge is 0.282 e. The Morgan fingerprint density at radius 1 is 0.862 bits per heavy atom. The highest BCUT2D eigenvalue weighted by Gasteiger charge is 2.32. The summed E-state index contributed by atoms with van der Waals surface area (Å²) in [5.74, 6) is 0.106. The van der Waals surface area contributed by atoms with Crippen molar-refractivity contribution in [2.45, 2.75) is 59.9 Å². The number of ketones is 1. The maximum Gasteiger partial charge on any atom is 0.282 e. The number of Topliss-reactive ketones (excluding diaryl/α,β-unsaturated/α-hetero) is 1. The predicted octanol–water partition coefficient (Wildman–Crippen LogP) is 3.05. The van der Waals surface area contributed by atoms with Crippen molar-refractivity contribution < 1.29 is 13.2 Å². The highest BCUT2D eigenvalue weighted by molar-refractivity contribution is 7.86. The number of hydrogen-bond acceptors (Lipinski definition) is 4. The molecule has 6 nitrogen and oxygen atoms in total. The van der Waals surface area contributed by atoms with Crippen molar-refractivity contribution in [2.75, 3.05) is 39.3 Å². The second kappa shape index (κ2) is 9.25. The molecule has 0 spiro atoms. The molecule has 2 fully saturated rings. The SMILES string of the molecule is CC(=O)c1c(C)cc(C)c(CN2CCN(S(=O)(=O)N3CCCCCC3)CC2)c1C. The maximum absolute atomic E-state index is 13.0. The van der Waals surface area contributed by atoms with E-state index in [1.165, 1.54) is 11.1 Å². The summed E-state index contributed by atoms with van der Waals surface area (Å²) >= 11 is 0. The molecule has 2 saturated heterocycles. The minimum Gasteiger partial charge on any atom is -0.296 e. The molecular formula is C22H35N3O3S. The van der Waals surface area contributed by atoms with Crippen LogP contribution in [-0.2, 0) is 16.8 Å². The number of benzene rings is 1. The van der Waals surface area contributed by atoms with Gasteiger partial charge in [0.25, 0.3) is 10.2 Å². The van der Waals surface area contributed by atoms with E-state index < -0.39 is 10.2 Å². The third-order valence-corrected chi connectivity index (χ3v) is 8.45. The first-order valence-electron chi connectivity index (χ1n) is 10.8. The first kappa shape index (κ1) is 22.4. The zero-order chi connectivity index (χ0) is 21.2. The monoisotopic (exact) mass is 421 g/mol. The van der Waals surface area contributed by atoms with E-state index in [1.54, 1.807) is 15.5 Å². The van der Waals surface area contributed by atoms with Gasteiger partial charge in [-0.15, -0.1) is 0 Å².